The zero-order valence-corrected chi connectivity index (χ0v) is 11.4. The first-order valence-electron chi connectivity index (χ1n) is 6.17. The van der Waals surface area contributed by atoms with E-state index in [4.69, 9.17) is 4.74 Å². The van der Waals surface area contributed by atoms with Crippen LogP contribution < -0.4 is 4.74 Å². The number of alkyl halides is 7. The third-order valence-corrected chi connectivity index (χ3v) is 2.54. The predicted molar refractivity (Wildman–Crippen MR) is 63.5 cm³/mol. The van der Waals surface area contributed by atoms with Crippen molar-refractivity contribution in [1.82, 2.24) is 0 Å². The molecule has 23 heavy (non-hydrogen) atoms. The lowest BCUT2D eigenvalue weighted by molar-refractivity contribution is -0.348. The highest BCUT2D eigenvalue weighted by Gasteiger charge is 2.77. The lowest BCUT2D eigenvalue weighted by atomic mass is 10.1. The zero-order chi connectivity index (χ0) is 17.7. The molecule has 0 saturated heterocycles. The van der Waals surface area contributed by atoms with Crippen LogP contribution in [0.2, 0.25) is 0 Å². The number of carbonyl (C=O) groups excluding carboxylic acids is 1. The Kier molecular flexibility index (Phi) is 5.84. The van der Waals surface area contributed by atoms with Gasteiger partial charge in [-0.2, -0.15) is 30.7 Å². The van der Waals surface area contributed by atoms with Crippen molar-refractivity contribution < 1.29 is 45.0 Å². The van der Waals surface area contributed by atoms with Crippen molar-refractivity contribution >= 4 is 5.97 Å². The Balaban J connectivity index is 2.44. The predicted octanol–water partition coefficient (Wildman–Crippen LogP) is 3.83. The van der Waals surface area contributed by atoms with E-state index in [1.165, 1.54) is 0 Å². The molecular formula is C13H11F7O3. The molecule has 130 valence electrons. The first-order chi connectivity index (χ1) is 10.5. The van der Waals surface area contributed by atoms with Gasteiger partial charge in [0, 0.05) is 6.42 Å². The van der Waals surface area contributed by atoms with E-state index in [0.717, 1.165) is 0 Å². The van der Waals surface area contributed by atoms with Crippen LogP contribution in [0.1, 0.15) is 6.42 Å². The molecule has 0 bridgehead atoms. The zero-order valence-electron chi connectivity index (χ0n) is 11.4. The number of para-hydroxylation sites is 1. The first kappa shape index (κ1) is 19.0. The molecular weight excluding hydrogens is 337 g/mol. The van der Waals surface area contributed by atoms with Gasteiger partial charge in [-0.25, -0.2) is 4.79 Å². The molecule has 0 aliphatic carbocycles. The number of halogens is 7. The molecule has 10 heteroatoms. The summed E-state index contributed by atoms with van der Waals surface area (Å²) in [4.78, 5) is 10.8. The van der Waals surface area contributed by atoms with Crippen molar-refractivity contribution in [2.24, 2.45) is 0 Å². The fraction of sp³-hybridized carbons (Fsp3) is 0.462. The van der Waals surface area contributed by atoms with Gasteiger partial charge in [0.25, 0.3) is 0 Å². The van der Waals surface area contributed by atoms with Gasteiger partial charge in [0.15, 0.2) is 0 Å². The van der Waals surface area contributed by atoms with Crippen LogP contribution in [0.3, 0.4) is 0 Å². The summed E-state index contributed by atoms with van der Waals surface area (Å²) < 4.78 is 95.3. The minimum absolute atomic E-state index is 0.113. The second kappa shape index (κ2) is 7.05. The Labute approximate surface area is 126 Å². The molecule has 1 rings (SSSR count). The van der Waals surface area contributed by atoms with Gasteiger partial charge in [-0.15, -0.1) is 0 Å². The van der Waals surface area contributed by atoms with E-state index in [1.807, 2.05) is 0 Å². The van der Waals surface area contributed by atoms with E-state index >= 15 is 0 Å². The van der Waals surface area contributed by atoms with Crippen molar-refractivity contribution in [3.05, 3.63) is 30.3 Å². The second-order valence-electron chi connectivity index (χ2n) is 4.30. The summed E-state index contributed by atoms with van der Waals surface area (Å²) >= 11 is 0. The maximum absolute atomic E-state index is 12.9. The van der Waals surface area contributed by atoms with E-state index in [-0.39, 0.29) is 13.0 Å². The minimum Gasteiger partial charge on any atom is -0.493 e. The molecule has 0 heterocycles. The number of hydrogen-bond donors (Lipinski definition) is 0. The molecule has 0 aromatic heterocycles. The van der Waals surface area contributed by atoms with Gasteiger partial charge in [-0.3, -0.25) is 0 Å². The van der Waals surface area contributed by atoms with Crippen LogP contribution >= 0.6 is 0 Å². The highest BCUT2D eigenvalue weighted by molar-refractivity contribution is 5.79. The Morgan fingerprint density at radius 1 is 0.913 bits per heavy atom. The van der Waals surface area contributed by atoms with E-state index < -0.39 is 30.6 Å². The average molecular weight is 348 g/mol. The number of carbonyl (C=O) groups is 1. The molecule has 0 amide bonds. The van der Waals surface area contributed by atoms with Crippen molar-refractivity contribution in [3.8, 4) is 5.75 Å². The minimum atomic E-state index is -6.58. The third kappa shape index (κ3) is 4.49. The SMILES string of the molecule is O=C(OCCCOc1ccccc1)C(F)(F)C(F)(F)C(F)(F)F. The van der Waals surface area contributed by atoms with Gasteiger partial charge in [0.1, 0.15) is 5.75 Å². The fourth-order valence-electron chi connectivity index (χ4n) is 1.33. The average Bonchev–Trinajstić information content (AvgIpc) is 2.46. The fourth-order valence-corrected chi connectivity index (χ4v) is 1.33. The molecule has 0 radical (unpaired) electrons. The van der Waals surface area contributed by atoms with Gasteiger partial charge in [-0.1, -0.05) is 18.2 Å². The van der Waals surface area contributed by atoms with Gasteiger partial charge in [-0.05, 0) is 12.1 Å². The van der Waals surface area contributed by atoms with Crippen LogP contribution in [-0.4, -0.2) is 37.2 Å². The van der Waals surface area contributed by atoms with E-state index in [0.29, 0.717) is 5.75 Å². The summed E-state index contributed by atoms with van der Waals surface area (Å²) in [6.07, 6.45) is -6.75. The molecule has 0 fully saturated rings. The molecule has 0 aliphatic rings. The topological polar surface area (TPSA) is 35.5 Å². The van der Waals surface area contributed by atoms with Crippen molar-refractivity contribution in [3.63, 3.8) is 0 Å². The normalized spacial score (nSPS) is 12.8. The Bertz CT molecular complexity index is 514. The number of hydrogen-bond acceptors (Lipinski definition) is 3. The molecule has 0 N–H and O–H groups in total. The standard InChI is InChI=1S/C13H11F7O3/c14-11(15,12(16,17)13(18,19)20)10(21)23-8-4-7-22-9-5-2-1-3-6-9/h1-3,5-6H,4,7-8H2. The van der Waals surface area contributed by atoms with Gasteiger partial charge >= 0.3 is 24.0 Å². The molecule has 0 aliphatic heterocycles. The lowest BCUT2D eigenvalue weighted by Crippen LogP contribution is -2.56. The molecule has 0 spiro atoms. The summed E-state index contributed by atoms with van der Waals surface area (Å²) in [6.45, 7) is -0.909. The molecule has 1 aromatic rings. The highest BCUT2D eigenvalue weighted by atomic mass is 19.4. The van der Waals surface area contributed by atoms with E-state index in [9.17, 15) is 35.5 Å². The summed E-state index contributed by atoms with van der Waals surface area (Å²) in [5, 5.41) is 0. The Morgan fingerprint density at radius 2 is 1.48 bits per heavy atom. The summed E-state index contributed by atoms with van der Waals surface area (Å²) in [5.41, 5.74) is 0. The smallest absolute Gasteiger partial charge is 0.460 e. The van der Waals surface area contributed by atoms with E-state index in [1.54, 1.807) is 30.3 Å². The third-order valence-electron chi connectivity index (χ3n) is 2.54. The Hall–Kier alpha value is -2.00. The van der Waals surface area contributed by atoms with Crippen molar-refractivity contribution in [1.29, 1.82) is 0 Å². The van der Waals surface area contributed by atoms with Crippen LogP contribution in [0.5, 0.6) is 5.75 Å². The number of ether oxygens (including phenoxy) is 2. The summed E-state index contributed by atoms with van der Waals surface area (Å²) in [5.74, 6) is -15.0. The van der Waals surface area contributed by atoms with Gasteiger partial charge < -0.3 is 9.47 Å². The van der Waals surface area contributed by atoms with Crippen LogP contribution in [-0.2, 0) is 9.53 Å². The highest BCUT2D eigenvalue weighted by Crippen LogP contribution is 2.46. The molecule has 0 unspecified atom stereocenters. The van der Waals surface area contributed by atoms with Crippen LogP contribution in [0.4, 0.5) is 30.7 Å². The van der Waals surface area contributed by atoms with Crippen molar-refractivity contribution in [2.45, 2.75) is 24.4 Å². The Morgan fingerprint density at radius 3 is 2.00 bits per heavy atom. The molecule has 0 saturated carbocycles. The number of benzene rings is 1. The van der Waals surface area contributed by atoms with E-state index in [2.05, 4.69) is 4.74 Å². The van der Waals surface area contributed by atoms with Crippen LogP contribution in [0, 0.1) is 0 Å². The number of rotatable bonds is 7. The summed E-state index contributed by atoms with van der Waals surface area (Å²) in [7, 11) is 0. The second-order valence-corrected chi connectivity index (χ2v) is 4.30. The maximum atomic E-state index is 12.9. The quantitative estimate of drug-likeness (QED) is 0.427. The number of esters is 1. The first-order valence-corrected chi connectivity index (χ1v) is 6.17. The molecule has 1 aromatic carbocycles. The largest absolute Gasteiger partial charge is 0.493 e. The summed E-state index contributed by atoms with van der Waals surface area (Å²) in [6, 6.07) is 8.15. The molecule has 0 atom stereocenters. The lowest BCUT2D eigenvalue weighted by Gasteiger charge is -2.26. The monoisotopic (exact) mass is 348 g/mol. The molecule has 3 nitrogen and oxygen atoms in total. The maximum Gasteiger partial charge on any atom is 0.460 e. The van der Waals surface area contributed by atoms with Crippen molar-refractivity contribution in [2.75, 3.05) is 13.2 Å². The van der Waals surface area contributed by atoms with Gasteiger partial charge in [0.05, 0.1) is 13.2 Å². The van der Waals surface area contributed by atoms with Gasteiger partial charge in [0.2, 0.25) is 0 Å². The van der Waals surface area contributed by atoms with Crippen LogP contribution in [0.15, 0.2) is 30.3 Å². The van der Waals surface area contributed by atoms with Crippen LogP contribution in [0.25, 0.3) is 0 Å².